The van der Waals surface area contributed by atoms with Crippen LogP contribution in [0.1, 0.15) is 25.8 Å². The van der Waals surface area contributed by atoms with Gasteiger partial charge in [-0.1, -0.05) is 26.0 Å². The SMILES string of the molecule is CC(C)CCc1ccc2[n-]cc(OC(=O)C3OC(O)(CO)C(O)C3O)c2c1. The Morgan fingerprint density at radius 2 is 2.11 bits per heavy atom. The van der Waals surface area contributed by atoms with Crippen molar-refractivity contribution >= 4 is 16.9 Å². The predicted octanol–water partition coefficient (Wildman–Crippen LogP) is 0.0925. The average Bonchev–Trinajstić information content (AvgIpc) is 3.14. The molecule has 148 valence electrons. The predicted molar refractivity (Wildman–Crippen MR) is 95.0 cm³/mol. The van der Waals surface area contributed by atoms with Gasteiger partial charge in [-0.15, -0.1) is 11.7 Å². The van der Waals surface area contributed by atoms with Crippen LogP contribution in [0.5, 0.6) is 5.75 Å². The summed E-state index contributed by atoms with van der Waals surface area (Å²) in [4.78, 5) is 16.6. The van der Waals surface area contributed by atoms with Gasteiger partial charge in [0.05, 0.1) is 6.61 Å². The van der Waals surface area contributed by atoms with Crippen LogP contribution in [0.4, 0.5) is 0 Å². The number of aliphatic hydroxyl groups is 4. The van der Waals surface area contributed by atoms with E-state index < -0.39 is 36.7 Å². The van der Waals surface area contributed by atoms with Crippen LogP contribution in [-0.2, 0) is 16.0 Å². The number of carbonyl (C=O) groups excluding carboxylic acids is 1. The molecule has 0 saturated carbocycles. The number of hydrogen-bond acceptors (Lipinski definition) is 7. The summed E-state index contributed by atoms with van der Waals surface area (Å²) in [5, 5.41) is 39.4. The Hall–Kier alpha value is -1.97. The van der Waals surface area contributed by atoms with Crippen molar-refractivity contribution in [2.24, 2.45) is 5.92 Å². The molecule has 4 atom stereocenters. The van der Waals surface area contributed by atoms with Gasteiger partial charge in [0.15, 0.2) is 6.10 Å². The number of ether oxygens (including phenoxy) is 2. The molecule has 0 radical (unpaired) electrons. The number of esters is 1. The standard InChI is InChI=1S/C19H24NO7/c1-10(2)3-4-11-5-6-13-12(7-11)14(8-20-13)26-18(24)16-15(22)17(23)19(25,9-21)27-16/h5-8,10,15-17,21-23,25H,3-4,9H2,1-2H3/q-1. The number of aliphatic hydroxyl groups excluding tert-OH is 3. The lowest BCUT2D eigenvalue weighted by Gasteiger charge is -2.22. The lowest BCUT2D eigenvalue weighted by Crippen LogP contribution is -2.46. The zero-order chi connectivity index (χ0) is 19.8. The molecule has 2 heterocycles. The lowest BCUT2D eigenvalue weighted by molar-refractivity contribution is -0.246. The van der Waals surface area contributed by atoms with Gasteiger partial charge < -0.3 is 34.9 Å². The van der Waals surface area contributed by atoms with E-state index >= 15 is 0 Å². The van der Waals surface area contributed by atoms with Crippen molar-refractivity contribution in [3.63, 3.8) is 0 Å². The van der Waals surface area contributed by atoms with Crippen molar-refractivity contribution < 1.29 is 34.7 Å². The Kier molecular flexibility index (Phi) is 5.55. The first-order chi connectivity index (χ1) is 12.7. The first kappa shape index (κ1) is 19.8. The third kappa shape index (κ3) is 3.85. The number of nitrogens with zero attached hydrogens (tertiary/aromatic N) is 1. The van der Waals surface area contributed by atoms with Gasteiger partial charge in [0.2, 0.25) is 5.79 Å². The summed E-state index contributed by atoms with van der Waals surface area (Å²) in [5.74, 6) is -2.65. The second kappa shape index (κ2) is 7.57. The number of aromatic nitrogens is 1. The number of carbonyl (C=O) groups is 1. The molecule has 0 spiro atoms. The van der Waals surface area contributed by atoms with Crippen LogP contribution in [0, 0.1) is 5.92 Å². The summed E-state index contributed by atoms with van der Waals surface area (Å²) in [6.07, 6.45) is -1.90. The number of rotatable bonds is 6. The summed E-state index contributed by atoms with van der Waals surface area (Å²) < 4.78 is 10.2. The highest BCUT2D eigenvalue weighted by Gasteiger charge is 2.56. The molecule has 1 aliphatic heterocycles. The lowest BCUT2D eigenvalue weighted by atomic mass is 10.0. The van der Waals surface area contributed by atoms with Crippen LogP contribution >= 0.6 is 0 Å². The highest BCUT2D eigenvalue weighted by molar-refractivity contribution is 5.90. The normalized spacial score (nSPS) is 28.2. The third-order valence-electron chi connectivity index (χ3n) is 4.75. The van der Waals surface area contributed by atoms with Gasteiger partial charge in [0, 0.05) is 5.39 Å². The second-order valence-corrected chi connectivity index (χ2v) is 7.30. The molecule has 3 rings (SSSR count). The fraction of sp³-hybridized carbons (Fsp3) is 0.526. The molecule has 0 bridgehead atoms. The van der Waals surface area contributed by atoms with E-state index in [2.05, 4.69) is 18.8 Å². The number of aryl methyl sites for hydroxylation is 1. The molecule has 0 aliphatic carbocycles. The van der Waals surface area contributed by atoms with Gasteiger partial charge in [-0.2, -0.15) is 0 Å². The molecule has 4 N–H and O–H groups in total. The Balaban J connectivity index is 1.78. The van der Waals surface area contributed by atoms with Crippen molar-refractivity contribution in [2.45, 2.75) is 50.8 Å². The molecule has 4 unspecified atom stereocenters. The Morgan fingerprint density at radius 1 is 1.37 bits per heavy atom. The maximum absolute atomic E-state index is 12.4. The van der Waals surface area contributed by atoms with Crippen LogP contribution < -0.4 is 9.72 Å². The van der Waals surface area contributed by atoms with E-state index in [0.717, 1.165) is 18.4 Å². The Labute approximate surface area is 156 Å². The minimum Gasteiger partial charge on any atom is -0.661 e. The minimum atomic E-state index is -2.42. The van der Waals surface area contributed by atoms with Crippen molar-refractivity contribution in [3.8, 4) is 5.75 Å². The molecule has 1 aromatic carbocycles. The number of benzene rings is 1. The van der Waals surface area contributed by atoms with Crippen LogP contribution in [0.15, 0.2) is 24.4 Å². The van der Waals surface area contributed by atoms with E-state index in [9.17, 15) is 20.1 Å². The second-order valence-electron chi connectivity index (χ2n) is 7.30. The number of fused-ring (bicyclic) bond motifs is 1. The molecule has 1 saturated heterocycles. The van der Waals surface area contributed by atoms with Gasteiger partial charge in [-0.25, -0.2) is 4.79 Å². The number of hydrogen-bond donors (Lipinski definition) is 4. The topological polar surface area (TPSA) is 131 Å². The van der Waals surface area contributed by atoms with Crippen LogP contribution in [-0.4, -0.2) is 57.1 Å². The van der Waals surface area contributed by atoms with Crippen molar-refractivity contribution in [3.05, 3.63) is 30.0 Å². The maximum Gasteiger partial charge on any atom is 0.343 e. The van der Waals surface area contributed by atoms with Crippen LogP contribution in [0.25, 0.3) is 10.9 Å². The van der Waals surface area contributed by atoms with E-state index in [0.29, 0.717) is 16.8 Å². The van der Waals surface area contributed by atoms with Gasteiger partial charge in [0.25, 0.3) is 0 Å². The Morgan fingerprint density at radius 3 is 2.74 bits per heavy atom. The maximum atomic E-state index is 12.4. The fourth-order valence-corrected chi connectivity index (χ4v) is 3.06. The zero-order valence-electron chi connectivity index (χ0n) is 15.2. The monoisotopic (exact) mass is 378 g/mol. The van der Waals surface area contributed by atoms with Crippen LogP contribution in [0.2, 0.25) is 0 Å². The van der Waals surface area contributed by atoms with Gasteiger partial charge in [0.1, 0.15) is 18.0 Å². The fourth-order valence-electron chi connectivity index (χ4n) is 3.06. The highest BCUT2D eigenvalue weighted by Crippen LogP contribution is 2.32. The molecule has 2 aromatic rings. The van der Waals surface area contributed by atoms with Gasteiger partial charge in [-0.3, -0.25) is 0 Å². The summed E-state index contributed by atoms with van der Waals surface area (Å²) >= 11 is 0. The quantitative estimate of drug-likeness (QED) is 0.521. The van der Waals surface area contributed by atoms with E-state index in [1.807, 2.05) is 18.2 Å². The van der Waals surface area contributed by atoms with Crippen LogP contribution in [0.3, 0.4) is 0 Å². The van der Waals surface area contributed by atoms with Crippen molar-refractivity contribution in [1.82, 2.24) is 4.98 Å². The molecule has 1 aromatic heterocycles. The van der Waals surface area contributed by atoms with Crippen molar-refractivity contribution in [2.75, 3.05) is 6.61 Å². The van der Waals surface area contributed by atoms with Gasteiger partial charge in [-0.05, 0) is 30.4 Å². The first-order valence-electron chi connectivity index (χ1n) is 8.88. The van der Waals surface area contributed by atoms with Crippen molar-refractivity contribution in [1.29, 1.82) is 0 Å². The minimum absolute atomic E-state index is 0.200. The Bertz CT molecular complexity index is 817. The van der Waals surface area contributed by atoms with E-state index in [1.54, 1.807) is 0 Å². The molecule has 1 aliphatic rings. The summed E-state index contributed by atoms with van der Waals surface area (Å²) in [5.41, 5.74) is 1.75. The molecule has 8 heteroatoms. The summed E-state index contributed by atoms with van der Waals surface area (Å²) in [6, 6.07) is 5.72. The molecular formula is C19H24NO7-. The summed E-state index contributed by atoms with van der Waals surface area (Å²) in [7, 11) is 0. The van der Waals surface area contributed by atoms with Gasteiger partial charge >= 0.3 is 5.97 Å². The average molecular weight is 378 g/mol. The largest absolute Gasteiger partial charge is 0.661 e. The van der Waals surface area contributed by atoms with E-state index in [1.165, 1.54) is 6.20 Å². The molecule has 27 heavy (non-hydrogen) atoms. The smallest absolute Gasteiger partial charge is 0.343 e. The molecule has 0 amide bonds. The zero-order valence-corrected chi connectivity index (χ0v) is 15.2. The third-order valence-corrected chi connectivity index (χ3v) is 4.75. The molecule has 8 nitrogen and oxygen atoms in total. The summed E-state index contributed by atoms with van der Waals surface area (Å²) in [6.45, 7) is 3.31. The molecule has 1 fully saturated rings. The first-order valence-corrected chi connectivity index (χ1v) is 8.88. The highest BCUT2D eigenvalue weighted by atomic mass is 16.7. The molecular weight excluding hydrogens is 354 g/mol. The van der Waals surface area contributed by atoms with E-state index in [-0.39, 0.29) is 5.75 Å². The van der Waals surface area contributed by atoms with E-state index in [4.69, 9.17) is 14.6 Å².